The number of benzene rings is 1. The molecule has 1 aromatic carbocycles. The minimum atomic E-state index is 0.134. The highest BCUT2D eigenvalue weighted by molar-refractivity contribution is 5.84. The number of ether oxygens (including phenoxy) is 1. The summed E-state index contributed by atoms with van der Waals surface area (Å²) in [5.74, 6) is 1.10. The molecule has 1 aliphatic carbocycles. The number of aromatic nitrogens is 2. The van der Waals surface area contributed by atoms with Crippen molar-refractivity contribution in [1.82, 2.24) is 9.97 Å². The van der Waals surface area contributed by atoms with Gasteiger partial charge in [0.05, 0.1) is 0 Å². The van der Waals surface area contributed by atoms with E-state index in [0.717, 1.165) is 25.0 Å². The third kappa shape index (κ3) is 2.22. The number of fused-ring (bicyclic) bond motifs is 1. The number of carbonyl (C=O) groups excluding carboxylic acids is 1. The number of aryl methyl sites for hydroxylation is 1. The summed E-state index contributed by atoms with van der Waals surface area (Å²) in [6, 6.07) is 5.98. The molecule has 0 atom stereocenters. The molecule has 5 heteroatoms. The summed E-state index contributed by atoms with van der Waals surface area (Å²) in [6.07, 6.45) is 6.34. The van der Waals surface area contributed by atoms with Crippen LogP contribution >= 0.6 is 0 Å². The summed E-state index contributed by atoms with van der Waals surface area (Å²) in [5.41, 5.74) is 8.37. The Morgan fingerprint density at radius 3 is 2.90 bits per heavy atom. The SMILES string of the molecule is Nc1ncnc(Oc2cccc3c2CCCC3)c1C=O. The van der Waals surface area contributed by atoms with Crippen LogP contribution in [0.3, 0.4) is 0 Å². The molecule has 2 aromatic rings. The van der Waals surface area contributed by atoms with E-state index in [0.29, 0.717) is 6.29 Å². The van der Waals surface area contributed by atoms with Crippen LogP contribution in [-0.2, 0) is 12.8 Å². The molecular formula is C15H15N3O2. The van der Waals surface area contributed by atoms with Gasteiger partial charge in [0.2, 0.25) is 5.88 Å². The van der Waals surface area contributed by atoms with E-state index in [2.05, 4.69) is 16.0 Å². The van der Waals surface area contributed by atoms with Crippen molar-refractivity contribution in [2.24, 2.45) is 0 Å². The zero-order valence-electron chi connectivity index (χ0n) is 11.0. The summed E-state index contributed by atoms with van der Waals surface area (Å²) in [4.78, 5) is 18.9. The molecule has 20 heavy (non-hydrogen) atoms. The average Bonchev–Trinajstić information content (AvgIpc) is 2.48. The number of aldehydes is 1. The molecule has 2 N–H and O–H groups in total. The molecule has 0 unspecified atom stereocenters. The Bertz CT molecular complexity index is 656. The smallest absolute Gasteiger partial charge is 0.235 e. The van der Waals surface area contributed by atoms with Gasteiger partial charge in [-0.2, -0.15) is 0 Å². The normalized spacial score (nSPS) is 13.6. The summed E-state index contributed by atoms with van der Waals surface area (Å²) in [6.45, 7) is 0. The maximum Gasteiger partial charge on any atom is 0.235 e. The molecular weight excluding hydrogens is 254 g/mol. The Kier molecular flexibility index (Phi) is 3.33. The second-order valence-corrected chi connectivity index (χ2v) is 4.80. The Morgan fingerprint density at radius 2 is 2.05 bits per heavy atom. The summed E-state index contributed by atoms with van der Waals surface area (Å²) >= 11 is 0. The molecule has 0 saturated carbocycles. The van der Waals surface area contributed by atoms with Gasteiger partial charge in [-0.25, -0.2) is 9.97 Å². The number of rotatable bonds is 3. The quantitative estimate of drug-likeness (QED) is 0.866. The molecule has 1 heterocycles. The first-order chi connectivity index (χ1) is 9.79. The highest BCUT2D eigenvalue weighted by atomic mass is 16.5. The first kappa shape index (κ1) is 12.6. The number of hydrogen-bond acceptors (Lipinski definition) is 5. The van der Waals surface area contributed by atoms with E-state index in [4.69, 9.17) is 10.5 Å². The summed E-state index contributed by atoms with van der Waals surface area (Å²) in [7, 11) is 0. The molecule has 3 rings (SSSR count). The standard InChI is InChI=1S/C15H15N3O2/c16-14-12(8-19)15(18-9-17-14)20-13-7-3-5-10-4-1-2-6-11(10)13/h3,5,7-9H,1-2,4,6H2,(H2,16,17,18). The second kappa shape index (κ2) is 5.28. The fourth-order valence-electron chi connectivity index (χ4n) is 2.53. The summed E-state index contributed by atoms with van der Waals surface area (Å²) < 4.78 is 5.82. The van der Waals surface area contributed by atoms with Gasteiger partial charge < -0.3 is 10.5 Å². The predicted molar refractivity (Wildman–Crippen MR) is 75.0 cm³/mol. The monoisotopic (exact) mass is 269 g/mol. The van der Waals surface area contributed by atoms with E-state index in [1.807, 2.05) is 12.1 Å². The van der Waals surface area contributed by atoms with Crippen LogP contribution in [0.4, 0.5) is 5.82 Å². The lowest BCUT2D eigenvalue weighted by Crippen LogP contribution is -2.06. The van der Waals surface area contributed by atoms with Gasteiger partial charge in [-0.05, 0) is 42.9 Å². The molecule has 0 fully saturated rings. The minimum Gasteiger partial charge on any atom is -0.438 e. The Labute approximate surface area is 116 Å². The van der Waals surface area contributed by atoms with E-state index < -0.39 is 0 Å². The van der Waals surface area contributed by atoms with Gasteiger partial charge in [0.1, 0.15) is 23.5 Å². The molecule has 0 spiro atoms. The largest absolute Gasteiger partial charge is 0.438 e. The van der Waals surface area contributed by atoms with Crippen LogP contribution in [-0.4, -0.2) is 16.3 Å². The van der Waals surface area contributed by atoms with E-state index >= 15 is 0 Å². The molecule has 1 aliphatic rings. The van der Waals surface area contributed by atoms with Crippen molar-refractivity contribution < 1.29 is 9.53 Å². The van der Waals surface area contributed by atoms with Gasteiger partial charge in [0.15, 0.2) is 6.29 Å². The zero-order valence-corrected chi connectivity index (χ0v) is 11.0. The minimum absolute atomic E-state index is 0.134. The van der Waals surface area contributed by atoms with Gasteiger partial charge in [0, 0.05) is 0 Å². The van der Waals surface area contributed by atoms with Crippen LogP contribution < -0.4 is 10.5 Å². The van der Waals surface area contributed by atoms with E-state index in [-0.39, 0.29) is 17.3 Å². The van der Waals surface area contributed by atoms with Crippen LogP contribution in [0.2, 0.25) is 0 Å². The maximum atomic E-state index is 11.1. The van der Waals surface area contributed by atoms with Gasteiger partial charge in [-0.1, -0.05) is 12.1 Å². The van der Waals surface area contributed by atoms with Crippen LogP contribution in [0.25, 0.3) is 0 Å². The number of nitrogen functional groups attached to an aromatic ring is 1. The highest BCUT2D eigenvalue weighted by Crippen LogP contribution is 2.33. The van der Waals surface area contributed by atoms with Crippen LogP contribution in [0.5, 0.6) is 11.6 Å². The van der Waals surface area contributed by atoms with E-state index in [1.165, 1.54) is 23.9 Å². The lowest BCUT2D eigenvalue weighted by atomic mass is 9.91. The van der Waals surface area contributed by atoms with Crippen LogP contribution in [0.15, 0.2) is 24.5 Å². The Balaban J connectivity index is 2.00. The maximum absolute atomic E-state index is 11.1. The lowest BCUT2D eigenvalue weighted by Gasteiger charge is -2.19. The Morgan fingerprint density at radius 1 is 1.20 bits per heavy atom. The van der Waals surface area contributed by atoms with Crippen molar-refractivity contribution in [3.05, 3.63) is 41.2 Å². The number of carbonyl (C=O) groups is 1. The first-order valence-electron chi connectivity index (χ1n) is 6.64. The third-order valence-electron chi connectivity index (χ3n) is 3.56. The van der Waals surface area contributed by atoms with Gasteiger partial charge >= 0.3 is 0 Å². The lowest BCUT2D eigenvalue weighted by molar-refractivity contribution is 0.112. The predicted octanol–water partition coefficient (Wildman–Crippen LogP) is 2.54. The molecule has 0 saturated heterocycles. The van der Waals surface area contributed by atoms with Gasteiger partial charge in [-0.15, -0.1) is 0 Å². The van der Waals surface area contributed by atoms with Crippen molar-refractivity contribution in [2.75, 3.05) is 5.73 Å². The molecule has 0 amide bonds. The van der Waals surface area contributed by atoms with Gasteiger partial charge in [-0.3, -0.25) is 4.79 Å². The fourth-order valence-corrected chi connectivity index (χ4v) is 2.53. The number of nitrogens with zero attached hydrogens (tertiary/aromatic N) is 2. The van der Waals surface area contributed by atoms with Crippen molar-refractivity contribution in [3.8, 4) is 11.6 Å². The molecule has 102 valence electrons. The van der Waals surface area contributed by atoms with Crippen LogP contribution in [0.1, 0.15) is 34.3 Å². The van der Waals surface area contributed by atoms with E-state index in [1.54, 1.807) is 0 Å². The molecule has 1 aromatic heterocycles. The highest BCUT2D eigenvalue weighted by Gasteiger charge is 2.17. The second-order valence-electron chi connectivity index (χ2n) is 4.80. The molecule has 0 aliphatic heterocycles. The van der Waals surface area contributed by atoms with E-state index in [9.17, 15) is 4.79 Å². The zero-order chi connectivity index (χ0) is 13.9. The Hall–Kier alpha value is -2.43. The molecule has 0 radical (unpaired) electrons. The fraction of sp³-hybridized carbons (Fsp3) is 0.267. The van der Waals surface area contributed by atoms with Crippen molar-refractivity contribution in [1.29, 1.82) is 0 Å². The summed E-state index contributed by atoms with van der Waals surface area (Å²) in [5, 5.41) is 0. The van der Waals surface area contributed by atoms with Crippen LogP contribution in [0, 0.1) is 0 Å². The topological polar surface area (TPSA) is 78.1 Å². The molecule has 0 bridgehead atoms. The number of anilines is 1. The van der Waals surface area contributed by atoms with Crippen molar-refractivity contribution in [3.63, 3.8) is 0 Å². The third-order valence-corrected chi connectivity index (χ3v) is 3.56. The van der Waals surface area contributed by atoms with Gasteiger partial charge in [0.25, 0.3) is 0 Å². The molecule has 5 nitrogen and oxygen atoms in total. The number of hydrogen-bond donors (Lipinski definition) is 1. The number of nitrogens with two attached hydrogens (primary N) is 1. The average molecular weight is 269 g/mol. The van der Waals surface area contributed by atoms with Crippen molar-refractivity contribution >= 4 is 12.1 Å². The first-order valence-corrected chi connectivity index (χ1v) is 6.64. The van der Waals surface area contributed by atoms with Crippen molar-refractivity contribution in [2.45, 2.75) is 25.7 Å².